The molecule has 0 fully saturated rings. The highest BCUT2D eigenvalue weighted by atomic mass is 16.6. The predicted octanol–water partition coefficient (Wildman–Crippen LogP) is 2.23. The SMILES string of the molecule is C=c1oc(=C)c2cc(-c3ccc4c(c3)C(=O)OC4=O)ccc12. The first-order valence-electron chi connectivity index (χ1n) is 6.66. The first kappa shape index (κ1) is 12.6. The Kier molecular flexibility index (Phi) is 2.39. The molecule has 0 saturated carbocycles. The van der Waals surface area contributed by atoms with Crippen molar-refractivity contribution < 1.29 is 18.7 Å². The van der Waals surface area contributed by atoms with Crippen molar-refractivity contribution in [1.82, 2.24) is 0 Å². The average Bonchev–Trinajstić information content (AvgIpc) is 2.96. The van der Waals surface area contributed by atoms with Crippen LogP contribution in [-0.2, 0) is 4.74 Å². The number of benzene rings is 2. The fraction of sp³-hybridized carbons (Fsp3) is 0. The summed E-state index contributed by atoms with van der Waals surface area (Å²) in [4.78, 5) is 23.1. The highest BCUT2D eigenvalue weighted by Crippen LogP contribution is 2.28. The van der Waals surface area contributed by atoms with E-state index in [-0.39, 0.29) is 0 Å². The van der Waals surface area contributed by atoms with Gasteiger partial charge in [0.2, 0.25) is 0 Å². The van der Waals surface area contributed by atoms with Gasteiger partial charge in [0.15, 0.2) is 0 Å². The van der Waals surface area contributed by atoms with Gasteiger partial charge in [-0.2, -0.15) is 0 Å². The van der Waals surface area contributed by atoms with Gasteiger partial charge in [-0.3, -0.25) is 0 Å². The molecule has 0 radical (unpaired) electrons. The van der Waals surface area contributed by atoms with Gasteiger partial charge >= 0.3 is 11.9 Å². The van der Waals surface area contributed by atoms with Crippen LogP contribution in [0.25, 0.3) is 35.1 Å². The molecule has 4 heteroatoms. The van der Waals surface area contributed by atoms with Crippen molar-refractivity contribution in [3.63, 3.8) is 0 Å². The van der Waals surface area contributed by atoms with Crippen LogP contribution in [0.2, 0.25) is 0 Å². The second-order valence-electron chi connectivity index (χ2n) is 5.15. The second kappa shape index (κ2) is 4.18. The maximum Gasteiger partial charge on any atom is 0.346 e. The molecule has 0 saturated heterocycles. The van der Waals surface area contributed by atoms with Crippen LogP contribution in [0.3, 0.4) is 0 Å². The minimum Gasteiger partial charge on any atom is -0.457 e. The Bertz CT molecular complexity index is 1070. The van der Waals surface area contributed by atoms with E-state index in [1.807, 2.05) is 18.2 Å². The third kappa shape index (κ3) is 1.64. The van der Waals surface area contributed by atoms with Crippen molar-refractivity contribution in [3.05, 3.63) is 58.4 Å². The zero-order valence-electron chi connectivity index (χ0n) is 11.5. The van der Waals surface area contributed by atoms with Crippen molar-refractivity contribution in [2.45, 2.75) is 0 Å². The summed E-state index contributed by atoms with van der Waals surface area (Å²) in [6.07, 6.45) is 0. The lowest BCUT2D eigenvalue weighted by Crippen LogP contribution is -1.96. The fourth-order valence-corrected chi connectivity index (χ4v) is 2.72. The van der Waals surface area contributed by atoms with Crippen molar-refractivity contribution in [1.29, 1.82) is 0 Å². The molecule has 1 aromatic heterocycles. The Hall–Kier alpha value is -3.14. The Morgan fingerprint density at radius 1 is 0.727 bits per heavy atom. The van der Waals surface area contributed by atoms with Crippen molar-refractivity contribution in [3.8, 4) is 11.1 Å². The summed E-state index contributed by atoms with van der Waals surface area (Å²) >= 11 is 0. The molecule has 0 aliphatic carbocycles. The number of carbonyl (C=O) groups excluding carboxylic acids is 2. The van der Waals surface area contributed by atoms with Crippen LogP contribution in [0.15, 0.2) is 40.8 Å². The number of rotatable bonds is 1. The lowest BCUT2D eigenvalue weighted by atomic mass is 9.98. The van der Waals surface area contributed by atoms with Crippen LogP contribution in [-0.4, -0.2) is 11.9 Å². The van der Waals surface area contributed by atoms with E-state index in [1.54, 1.807) is 18.2 Å². The van der Waals surface area contributed by atoms with E-state index in [9.17, 15) is 9.59 Å². The fourth-order valence-electron chi connectivity index (χ4n) is 2.72. The summed E-state index contributed by atoms with van der Waals surface area (Å²) in [5.74, 6) is -1.21. The Morgan fingerprint density at radius 3 is 2.18 bits per heavy atom. The Balaban J connectivity index is 1.93. The van der Waals surface area contributed by atoms with E-state index in [4.69, 9.17) is 4.42 Å². The van der Waals surface area contributed by atoms with Crippen LogP contribution in [0.1, 0.15) is 20.7 Å². The van der Waals surface area contributed by atoms with Gasteiger partial charge in [0, 0.05) is 10.8 Å². The number of esters is 2. The number of ether oxygens (including phenoxy) is 1. The van der Waals surface area contributed by atoms with Crippen LogP contribution < -0.4 is 10.8 Å². The number of carbonyl (C=O) groups is 2. The molecular weight excluding hydrogens is 280 g/mol. The smallest absolute Gasteiger partial charge is 0.346 e. The van der Waals surface area contributed by atoms with Gasteiger partial charge in [-0.1, -0.05) is 25.3 Å². The maximum atomic E-state index is 11.7. The molecular formula is C18H10O4. The monoisotopic (exact) mass is 290 g/mol. The van der Waals surface area contributed by atoms with Gasteiger partial charge in [0.1, 0.15) is 10.8 Å². The number of cyclic esters (lactones) is 2. The molecule has 3 aromatic rings. The summed E-state index contributed by atoms with van der Waals surface area (Å²) in [6.45, 7) is 7.69. The molecule has 0 N–H and O–H groups in total. The van der Waals surface area contributed by atoms with Crippen LogP contribution in [0, 0.1) is 0 Å². The van der Waals surface area contributed by atoms with Crippen LogP contribution in [0.5, 0.6) is 0 Å². The number of furan rings is 1. The van der Waals surface area contributed by atoms with Gasteiger partial charge in [0.05, 0.1) is 11.1 Å². The minimum atomic E-state index is -0.607. The summed E-state index contributed by atoms with van der Waals surface area (Å²) in [5.41, 5.74) is 3.44. The molecule has 2 heterocycles. The molecule has 1 aliphatic heterocycles. The Morgan fingerprint density at radius 2 is 1.36 bits per heavy atom. The first-order chi connectivity index (χ1) is 10.5. The molecule has 2 aromatic carbocycles. The molecule has 1 aliphatic rings. The van der Waals surface area contributed by atoms with E-state index in [2.05, 4.69) is 17.9 Å². The van der Waals surface area contributed by atoms with Gasteiger partial charge in [-0.25, -0.2) is 9.59 Å². The quantitative estimate of drug-likeness (QED) is 0.509. The topological polar surface area (TPSA) is 56.5 Å². The average molecular weight is 290 g/mol. The predicted molar refractivity (Wildman–Crippen MR) is 81.7 cm³/mol. The maximum absolute atomic E-state index is 11.7. The van der Waals surface area contributed by atoms with Crippen LogP contribution in [0.4, 0.5) is 0 Å². The standard InChI is InChI=1S/C18H10O4/c1-9-13-5-3-11(7-15(13)10(2)21-9)12-4-6-14-16(8-12)18(20)22-17(14)19/h3-8H,1-2H2. The van der Waals surface area contributed by atoms with E-state index < -0.39 is 11.9 Å². The molecule has 4 nitrogen and oxygen atoms in total. The molecule has 22 heavy (non-hydrogen) atoms. The molecule has 0 unspecified atom stereocenters. The van der Waals surface area contributed by atoms with Gasteiger partial charge in [0.25, 0.3) is 0 Å². The summed E-state index contributed by atoms with van der Waals surface area (Å²) in [5, 5.41) is 1.78. The molecule has 106 valence electrons. The minimum absolute atomic E-state index is 0.294. The van der Waals surface area contributed by atoms with Crippen molar-refractivity contribution in [2.24, 2.45) is 0 Å². The lowest BCUT2D eigenvalue weighted by Gasteiger charge is -2.03. The molecule has 4 rings (SSSR count). The van der Waals surface area contributed by atoms with Crippen molar-refractivity contribution >= 4 is 35.9 Å². The molecule has 0 bridgehead atoms. The molecule has 0 spiro atoms. The highest BCUT2D eigenvalue weighted by molar-refractivity contribution is 6.15. The summed E-state index contributed by atoms with van der Waals surface area (Å²) < 4.78 is 10.0. The third-order valence-corrected chi connectivity index (χ3v) is 3.84. The van der Waals surface area contributed by atoms with E-state index in [1.165, 1.54) is 0 Å². The van der Waals surface area contributed by atoms with Crippen molar-refractivity contribution in [2.75, 3.05) is 0 Å². The normalized spacial score (nSPS) is 13.5. The zero-order chi connectivity index (χ0) is 15.4. The second-order valence-corrected chi connectivity index (χ2v) is 5.15. The largest absolute Gasteiger partial charge is 0.457 e. The molecule has 0 atom stereocenters. The third-order valence-electron chi connectivity index (χ3n) is 3.84. The molecule has 0 amide bonds. The Labute approximate surface area is 124 Å². The number of hydrogen-bond acceptors (Lipinski definition) is 4. The van der Waals surface area contributed by atoms with Crippen LogP contribution >= 0.6 is 0 Å². The van der Waals surface area contributed by atoms with Gasteiger partial charge in [-0.15, -0.1) is 0 Å². The number of fused-ring (bicyclic) bond motifs is 2. The first-order valence-corrected chi connectivity index (χ1v) is 6.66. The number of hydrogen-bond donors (Lipinski definition) is 0. The van der Waals surface area contributed by atoms with Gasteiger partial charge < -0.3 is 9.15 Å². The highest BCUT2D eigenvalue weighted by Gasteiger charge is 2.29. The van der Waals surface area contributed by atoms with E-state index >= 15 is 0 Å². The lowest BCUT2D eigenvalue weighted by molar-refractivity contribution is 0.0444. The summed E-state index contributed by atoms with van der Waals surface area (Å²) in [6, 6.07) is 10.8. The zero-order valence-corrected chi connectivity index (χ0v) is 11.5. The summed E-state index contributed by atoms with van der Waals surface area (Å²) in [7, 11) is 0. The van der Waals surface area contributed by atoms with Gasteiger partial charge in [-0.05, 0) is 35.4 Å². The van der Waals surface area contributed by atoms with E-state index in [0.717, 1.165) is 21.9 Å². The van der Waals surface area contributed by atoms with E-state index in [0.29, 0.717) is 22.0 Å².